The Balaban J connectivity index is 3.07. The Hall–Kier alpha value is -1.58. The topological polar surface area (TPSA) is 93.0 Å². The van der Waals surface area contributed by atoms with Crippen molar-refractivity contribution >= 4 is 11.5 Å². The van der Waals surface area contributed by atoms with E-state index in [0.29, 0.717) is 5.70 Å². The molecule has 52 valence electrons. The van der Waals surface area contributed by atoms with Crippen molar-refractivity contribution in [1.29, 1.82) is 5.41 Å². The minimum absolute atomic E-state index is 0.0324. The summed E-state index contributed by atoms with van der Waals surface area (Å²) in [6.07, 6.45) is 2.62. The van der Waals surface area contributed by atoms with Crippen LogP contribution in [0.4, 0.5) is 0 Å². The highest BCUT2D eigenvalue weighted by molar-refractivity contribution is 6.49. The van der Waals surface area contributed by atoms with Gasteiger partial charge in [-0.25, -0.2) is 0 Å². The first-order valence-corrected chi connectivity index (χ1v) is 2.69. The minimum atomic E-state index is -0.464. The van der Waals surface area contributed by atoms with Gasteiger partial charge >= 0.3 is 0 Å². The molecule has 4 nitrogen and oxygen atoms in total. The number of nitrogens with one attached hydrogen (secondary N) is 1. The van der Waals surface area contributed by atoms with E-state index < -0.39 is 5.78 Å². The van der Waals surface area contributed by atoms with Gasteiger partial charge in [0.25, 0.3) is 0 Å². The summed E-state index contributed by atoms with van der Waals surface area (Å²) in [5, 5.41) is 7.03. The zero-order chi connectivity index (χ0) is 7.72. The third-order valence-electron chi connectivity index (χ3n) is 1.14. The lowest BCUT2D eigenvalue weighted by atomic mass is 10.1. The number of nitrogens with two attached hydrogens (primary N) is 2. The summed E-state index contributed by atoms with van der Waals surface area (Å²) in [7, 11) is 0. The summed E-state index contributed by atoms with van der Waals surface area (Å²) in [6.45, 7) is 0. The largest absolute Gasteiger partial charge is 0.399 e. The van der Waals surface area contributed by atoms with Crippen LogP contribution in [0, 0.1) is 5.41 Å². The molecule has 1 aliphatic carbocycles. The Morgan fingerprint density at radius 1 is 1.30 bits per heavy atom. The predicted molar refractivity (Wildman–Crippen MR) is 37.3 cm³/mol. The Bertz CT molecular complexity index is 259. The molecule has 0 saturated carbocycles. The van der Waals surface area contributed by atoms with Gasteiger partial charge in [-0.2, -0.15) is 0 Å². The second kappa shape index (κ2) is 1.98. The molecule has 0 aromatic carbocycles. The molecule has 0 atom stereocenters. The van der Waals surface area contributed by atoms with Crippen LogP contribution in [0.5, 0.6) is 0 Å². The van der Waals surface area contributed by atoms with Gasteiger partial charge in [-0.05, 0) is 12.2 Å². The highest BCUT2D eigenvalue weighted by atomic mass is 16.1. The van der Waals surface area contributed by atoms with Crippen molar-refractivity contribution in [1.82, 2.24) is 0 Å². The van der Waals surface area contributed by atoms with Crippen LogP contribution in [-0.2, 0) is 4.79 Å². The molecule has 0 unspecified atom stereocenters. The number of rotatable bonds is 0. The molecular formula is C6H7N3O. The zero-order valence-corrected chi connectivity index (χ0v) is 5.22. The van der Waals surface area contributed by atoms with Crippen LogP contribution in [0.1, 0.15) is 0 Å². The molecule has 0 bridgehead atoms. The van der Waals surface area contributed by atoms with E-state index in [0.717, 1.165) is 0 Å². The molecule has 4 heteroatoms. The average molecular weight is 137 g/mol. The van der Waals surface area contributed by atoms with Crippen molar-refractivity contribution in [2.24, 2.45) is 11.5 Å². The van der Waals surface area contributed by atoms with Crippen LogP contribution < -0.4 is 11.5 Å². The van der Waals surface area contributed by atoms with Crippen molar-refractivity contribution in [2.45, 2.75) is 0 Å². The van der Waals surface area contributed by atoms with Crippen LogP contribution in [0.3, 0.4) is 0 Å². The van der Waals surface area contributed by atoms with Crippen LogP contribution >= 0.6 is 0 Å². The van der Waals surface area contributed by atoms with Gasteiger partial charge in [-0.1, -0.05) is 0 Å². The van der Waals surface area contributed by atoms with Crippen molar-refractivity contribution in [3.63, 3.8) is 0 Å². The summed E-state index contributed by atoms with van der Waals surface area (Å²) in [5.41, 5.74) is 10.7. The summed E-state index contributed by atoms with van der Waals surface area (Å²) in [5.74, 6) is -0.464. The standard InChI is InChI=1S/C6H7N3O/c7-3-1-4(8)6(10)5(9)2-3/h1-2,8H,7,9H2. The summed E-state index contributed by atoms with van der Waals surface area (Å²) in [4.78, 5) is 10.8. The maximum Gasteiger partial charge on any atom is 0.226 e. The number of carbonyl (C=O) groups excluding carboxylic acids is 1. The fourth-order valence-corrected chi connectivity index (χ4v) is 0.674. The quantitative estimate of drug-likeness (QED) is 0.384. The lowest BCUT2D eigenvalue weighted by Crippen LogP contribution is -2.24. The van der Waals surface area contributed by atoms with Gasteiger partial charge in [0.15, 0.2) is 0 Å². The van der Waals surface area contributed by atoms with Crippen LogP contribution in [-0.4, -0.2) is 11.5 Å². The first-order valence-electron chi connectivity index (χ1n) is 2.69. The van der Waals surface area contributed by atoms with Gasteiger partial charge in [0.2, 0.25) is 5.78 Å². The molecule has 0 radical (unpaired) electrons. The van der Waals surface area contributed by atoms with Crippen molar-refractivity contribution < 1.29 is 4.79 Å². The fraction of sp³-hybridized carbons (Fsp3) is 0. The van der Waals surface area contributed by atoms with Gasteiger partial charge in [0.1, 0.15) is 5.71 Å². The smallest absolute Gasteiger partial charge is 0.226 e. The summed E-state index contributed by atoms with van der Waals surface area (Å²) < 4.78 is 0. The van der Waals surface area contributed by atoms with Gasteiger partial charge in [-0.3, -0.25) is 10.2 Å². The molecule has 0 saturated heterocycles. The Kier molecular flexibility index (Phi) is 1.30. The molecular weight excluding hydrogens is 130 g/mol. The van der Waals surface area contributed by atoms with Crippen LogP contribution in [0.2, 0.25) is 0 Å². The zero-order valence-electron chi connectivity index (χ0n) is 5.22. The summed E-state index contributed by atoms with van der Waals surface area (Å²) >= 11 is 0. The van der Waals surface area contributed by atoms with E-state index in [4.69, 9.17) is 16.9 Å². The molecule has 0 fully saturated rings. The SMILES string of the molecule is N=C1C=C(N)C=C(N)C1=O. The van der Waals surface area contributed by atoms with E-state index >= 15 is 0 Å². The lowest BCUT2D eigenvalue weighted by Gasteiger charge is -2.05. The maximum absolute atomic E-state index is 10.8. The van der Waals surface area contributed by atoms with E-state index in [-0.39, 0.29) is 11.4 Å². The Morgan fingerprint density at radius 3 is 2.40 bits per heavy atom. The first-order chi connectivity index (χ1) is 4.61. The number of hydrogen-bond acceptors (Lipinski definition) is 4. The van der Waals surface area contributed by atoms with Gasteiger partial charge in [0, 0.05) is 5.70 Å². The summed E-state index contributed by atoms with van der Waals surface area (Å²) in [6, 6.07) is 0. The molecule has 0 aliphatic heterocycles. The van der Waals surface area contributed by atoms with E-state index in [9.17, 15) is 4.79 Å². The number of allylic oxidation sites excluding steroid dienone is 3. The van der Waals surface area contributed by atoms with E-state index in [1.165, 1.54) is 12.2 Å². The van der Waals surface area contributed by atoms with Gasteiger partial charge in [-0.15, -0.1) is 0 Å². The molecule has 1 aliphatic rings. The van der Waals surface area contributed by atoms with Crippen molar-refractivity contribution in [3.05, 3.63) is 23.5 Å². The highest BCUT2D eigenvalue weighted by Crippen LogP contribution is 2.02. The normalized spacial score (nSPS) is 18.4. The second-order valence-electron chi connectivity index (χ2n) is 1.99. The number of carbonyl (C=O) groups is 1. The van der Waals surface area contributed by atoms with Gasteiger partial charge in [0.05, 0.1) is 5.70 Å². The first kappa shape index (κ1) is 6.54. The van der Waals surface area contributed by atoms with Crippen molar-refractivity contribution in [2.75, 3.05) is 0 Å². The van der Waals surface area contributed by atoms with E-state index in [1.54, 1.807) is 0 Å². The van der Waals surface area contributed by atoms with E-state index in [1.807, 2.05) is 0 Å². The highest BCUT2D eigenvalue weighted by Gasteiger charge is 2.14. The van der Waals surface area contributed by atoms with Crippen LogP contribution in [0.25, 0.3) is 0 Å². The third-order valence-corrected chi connectivity index (χ3v) is 1.14. The predicted octanol–water partition coefficient (Wildman–Crippen LogP) is -0.726. The lowest BCUT2D eigenvalue weighted by molar-refractivity contribution is -0.109. The van der Waals surface area contributed by atoms with E-state index in [2.05, 4.69) is 0 Å². The molecule has 0 spiro atoms. The molecule has 0 aromatic rings. The number of Topliss-reactive ketones (excluding diaryl/α,β-unsaturated/α-hetero) is 1. The molecule has 0 amide bonds. The molecule has 0 heterocycles. The number of ketones is 1. The minimum Gasteiger partial charge on any atom is -0.399 e. The number of hydrogen-bond donors (Lipinski definition) is 3. The Labute approximate surface area is 57.7 Å². The third kappa shape index (κ3) is 0.907. The van der Waals surface area contributed by atoms with Crippen molar-refractivity contribution in [3.8, 4) is 0 Å². The molecule has 5 N–H and O–H groups in total. The molecule has 1 rings (SSSR count). The maximum atomic E-state index is 10.8. The Morgan fingerprint density at radius 2 is 1.90 bits per heavy atom. The van der Waals surface area contributed by atoms with Crippen LogP contribution in [0.15, 0.2) is 23.5 Å². The van der Waals surface area contributed by atoms with Gasteiger partial charge < -0.3 is 11.5 Å². The molecule has 10 heavy (non-hydrogen) atoms. The monoisotopic (exact) mass is 137 g/mol. The second-order valence-corrected chi connectivity index (χ2v) is 1.99. The fourth-order valence-electron chi connectivity index (χ4n) is 0.674. The average Bonchev–Trinajstić information content (AvgIpc) is 1.82. The molecule has 0 aromatic heterocycles.